The van der Waals surface area contributed by atoms with Crippen LogP contribution in [0, 0.1) is 13.8 Å². The Bertz CT molecular complexity index is 449. The van der Waals surface area contributed by atoms with Gasteiger partial charge in [0.2, 0.25) is 0 Å². The van der Waals surface area contributed by atoms with E-state index in [0.29, 0.717) is 0 Å². The van der Waals surface area contributed by atoms with Gasteiger partial charge in [0.25, 0.3) is 0 Å². The van der Waals surface area contributed by atoms with Gasteiger partial charge in [0.15, 0.2) is 5.82 Å². The van der Waals surface area contributed by atoms with Crippen LogP contribution in [-0.4, -0.2) is 19.7 Å². The summed E-state index contributed by atoms with van der Waals surface area (Å²) in [4.78, 5) is 8.18. The number of aryl methyl sites for hydroxylation is 1. The molecule has 0 aliphatic heterocycles. The van der Waals surface area contributed by atoms with Gasteiger partial charge in [-0.15, -0.1) is 0 Å². The molecule has 72 valence electrons. The average molecular weight is 253 g/mol. The molecule has 0 spiro atoms. The van der Waals surface area contributed by atoms with Crippen LogP contribution >= 0.6 is 15.9 Å². The van der Waals surface area contributed by atoms with Gasteiger partial charge >= 0.3 is 0 Å². The molecule has 0 bridgehead atoms. The number of rotatable bonds is 1. The quantitative estimate of drug-likeness (QED) is 0.781. The highest BCUT2D eigenvalue weighted by atomic mass is 79.9. The van der Waals surface area contributed by atoms with E-state index in [9.17, 15) is 0 Å². The maximum atomic E-state index is 4.35. The van der Waals surface area contributed by atoms with Crippen LogP contribution in [0.25, 0.3) is 5.82 Å². The van der Waals surface area contributed by atoms with E-state index in [-0.39, 0.29) is 0 Å². The van der Waals surface area contributed by atoms with Crippen LogP contribution in [0.1, 0.15) is 11.4 Å². The van der Waals surface area contributed by atoms with Crippen molar-refractivity contribution in [1.82, 2.24) is 19.7 Å². The highest BCUT2D eigenvalue weighted by molar-refractivity contribution is 9.10. The van der Waals surface area contributed by atoms with Gasteiger partial charge in [-0.1, -0.05) is 0 Å². The third-order valence-corrected chi connectivity index (χ3v) is 3.12. The van der Waals surface area contributed by atoms with E-state index >= 15 is 0 Å². The first-order chi connectivity index (χ1) is 6.70. The summed E-state index contributed by atoms with van der Waals surface area (Å²) < 4.78 is 2.79. The van der Waals surface area contributed by atoms with Crippen LogP contribution in [-0.2, 0) is 0 Å². The Kier molecular flexibility index (Phi) is 2.33. The second-order valence-electron chi connectivity index (χ2n) is 2.96. The molecule has 0 atom stereocenters. The Morgan fingerprint density at radius 3 is 2.57 bits per heavy atom. The van der Waals surface area contributed by atoms with Crippen LogP contribution < -0.4 is 0 Å². The van der Waals surface area contributed by atoms with Crippen molar-refractivity contribution >= 4 is 15.9 Å². The summed E-state index contributed by atoms with van der Waals surface area (Å²) in [5, 5.41) is 4.35. The first kappa shape index (κ1) is 9.33. The number of hydrogen-bond donors (Lipinski definition) is 0. The van der Waals surface area contributed by atoms with Gasteiger partial charge in [0.1, 0.15) is 0 Å². The smallest absolute Gasteiger partial charge is 0.172 e. The lowest BCUT2D eigenvalue weighted by Crippen LogP contribution is -2.01. The maximum absolute atomic E-state index is 4.35. The fraction of sp³-hybridized carbons (Fsp3) is 0.222. The Hall–Kier alpha value is -1.23. The van der Waals surface area contributed by atoms with Crippen LogP contribution in [0.4, 0.5) is 0 Å². The molecular weight excluding hydrogens is 244 g/mol. The Morgan fingerprint density at radius 2 is 2.07 bits per heavy atom. The standard InChI is InChI=1S/C9H9BrN4/c1-6-9(10)7(2)14(13-6)8-5-11-3-4-12-8/h3-5H,1-2H3. The molecule has 0 saturated heterocycles. The van der Waals surface area contributed by atoms with Crippen LogP contribution in [0.15, 0.2) is 23.1 Å². The summed E-state index contributed by atoms with van der Waals surface area (Å²) >= 11 is 3.47. The molecule has 2 aromatic heterocycles. The third kappa shape index (κ3) is 1.43. The Labute approximate surface area is 90.1 Å². The fourth-order valence-electron chi connectivity index (χ4n) is 1.25. The zero-order valence-electron chi connectivity index (χ0n) is 7.90. The average Bonchev–Trinajstić information content (AvgIpc) is 2.47. The summed E-state index contributed by atoms with van der Waals surface area (Å²) in [5.74, 6) is 0.735. The van der Waals surface area contributed by atoms with Gasteiger partial charge in [-0.25, -0.2) is 9.67 Å². The van der Waals surface area contributed by atoms with E-state index in [0.717, 1.165) is 21.7 Å². The topological polar surface area (TPSA) is 43.6 Å². The van der Waals surface area contributed by atoms with E-state index in [4.69, 9.17) is 0 Å². The summed E-state index contributed by atoms with van der Waals surface area (Å²) in [6.07, 6.45) is 4.98. The second-order valence-corrected chi connectivity index (χ2v) is 3.75. The van der Waals surface area contributed by atoms with Crippen LogP contribution in [0.5, 0.6) is 0 Å². The summed E-state index contributed by atoms with van der Waals surface area (Å²) in [5.41, 5.74) is 1.98. The van der Waals surface area contributed by atoms with E-state index in [1.54, 1.807) is 23.3 Å². The number of hydrogen-bond acceptors (Lipinski definition) is 3. The zero-order chi connectivity index (χ0) is 10.1. The van der Waals surface area contributed by atoms with Crippen molar-refractivity contribution in [2.24, 2.45) is 0 Å². The largest absolute Gasteiger partial charge is 0.259 e. The second kappa shape index (κ2) is 3.49. The van der Waals surface area contributed by atoms with Crippen molar-refractivity contribution in [3.8, 4) is 5.82 Å². The molecule has 2 heterocycles. The molecule has 0 unspecified atom stereocenters. The van der Waals surface area contributed by atoms with Gasteiger partial charge in [-0.2, -0.15) is 5.10 Å². The minimum Gasteiger partial charge on any atom is -0.259 e. The number of aromatic nitrogens is 4. The van der Waals surface area contributed by atoms with E-state index < -0.39 is 0 Å². The van der Waals surface area contributed by atoms with Crippen molar-refractivity contribution in [3.05, 3.63) is 34.5 Å². The molecular formula is C9H9BrN4. The summed E-state index contributed by atoms with van der Waals surface area (Å²) in [6, 6.07) is 0. The molecule has 2 rings (SSSR count). The SMILES string of the molecule is Cc1nn(-c2cnccn2)c(C)c1Br. The molecule has 5 heteroatoms. The first-order valence-corrected chi connectivity index (χ1v) is 4.97. The normalized spacial score (nSPS) is 10.5. The van der Waals surface area contributed by atoms with Crippen molar-refractivity contribution in [1.29, 1.82) is 0 Å². The molecule has 14 heavy (non-hydrogen) atoms. The fourth-order valence-corrected chi connectivity index (χ4v) is 1.49. The highest BCUT2D eigenvalue weighted by Crippen LogP contribution is 2.21. The molecule has 2 aromatic rings. The molecule has 4 nitrogen and oxygen atoms in total. The lowest BCUT2D eigenvalue weighted by Gasteiger charge is -2.00. The lowest BCUT2D eigenvalue weighted by atomic mass is 10.4. The molecule has 0 aliphatic rings. The molecule has 0 amide bonds. The molecule has 0 fully saturated rings. The molecule has 0 radical (unpaired) electrons. The number of halogens is 1. The van der Waals surface area contributed by atoms with Crippen molar-refractivity contribution in [2.75, 3.05) is 0 Å². The monoisotopic (exact) mass is 252 g/mol. The zero-order valence-corrected chi connectivity index (χ0v) is 9.48. The van der Waals surface area contributed by atoms with Gasteiger partial charge < -0.3 is 0 Å². The van der Waals surface area contributed by atoms with Crippen LogP contribution in [0.3, 0.4) is 0 Å². The summed E-state index contributed by atoms with van der Waals surface area (Å²) in [6.45, 7) is 3.93. The van der Waals surface area contributed by atoms with Gasteiger partial charge in [-0.05, 0) is 29.8 Å². The van der Waals surface area contributed by atoms with Gasteiger partial charge in [0.05, 0.1) is 22.1 Å². The minimum atomic E-state index is 0.735. The van der Waals surface area contributed by atoms with E-state index in [1.165, 1.54) is 0 Å². The Balaban J connectivity index is 2.58. The molecule has 0 aromatic carbocycles. The predicted molar refractivity (Wildman–Crippen MR) is 56.3 cm³/mol. The maximum Gasteiger partial charge on any atom is 0.172 e. The third-order valence-electron chi connectivity index (χ3n) is 1.97. The van der Waals surface area contributed by atoms with E-state index in [2.05, 4.69) is 31.0 Å². The first-order valence-electron chi connectivity index (χ1n) is 4.18. The van der Waals surface area contributed by atoms with Crippen LogP contribution in [0.2, 0.25) is 0 Å². The predicted octanol–water partition coefficient (Wildman–Crippen LogP) is 2.04. The van der Waals surface area contributed by atoms with E-state index in [1.807, 2.05) is 13.8 Å². The number of nitrogens with zero attached hydrogens (tertiary/aromatic N) is 4. The summed E-state index contributed by atoms with van der Waals surface area (Å²) in [7, 11) is 0. The minimum absolute atomic E-state index is 0.735. The van der Waals surface area contributed by atoms with Crippen molar-refractivity contribution < 1.29 is 0 Å². The van der Waals surface area contributed by atoms with Gasteiger partial charge in [-0.3, -0.25) is 4.98 Å². The molecule has 0 saturated carbocycles. The van der Waals surface area contributed by atoms with Gasteiger partial charge in [0, 0.05) is 12.4 Å². The highest BCUT2D eigenvalue weighted by Gasteiger charge is 2.10. The van der Waals surface area contributed by atoms with Crippen molar-refractivity contribution in [2.45, 2.75) is 13.8 Å². The van der Waals surface area contributed by atoms with Crippen molar-refractivity contribution in [3.63, 3.8) is 0 Å². The Morgan fingerprint density at radius 1 is 1.29 bits per heavy atom. The lowest BCUT2D eigenvalue weighted by molar-refractivity contribution is 0.799. The molecule has 0 aliphatic carbocycles. The molecule has 0 N–H and O–H groups in total.